The van der Waals surface area contributed by atoms with Crippen LogP contribution < -0.4 is 15.5 Å². The number of piperazine rings is 1. The first-order valence-electron chi connectivity index (χ1n) is 12.1. The molecule has 2 N–H and O–H groups in total. The van der Waals surface area contributed by atoms with E-state index in [0.29, 0.717) is 12.6 Å². The van der Waals surface area contributed by atoms with Crippen molar-refractivity contribution in [3.8, 4) is 22.5 Å². The highest BCUT2D eigenvalue weighted by Crippen LogP contribution is 2.32. The Morgan fingerprint density at radius 1 is 1.03 bits per heavy atom. The average molecular weight is 469 g/mol. The van der Waals surface area contributed by atoms with Crippen molar-refractivity contribution in [2.45, 2.75) is 12.5 Å². The van der Waals surface area contributed by atoms with Crippen molar-refractivity contribution in [1.82, 2.24) is 30.0 Å². The highest BCUT2D eigenvalue weighted by atomic mass is 16.5. The molecule has 35 heavy (non-hydrogen) atoms. The van der Waals surface area contributed by atoms with Crippen molar-refractivity contribution in [3.63, 3.8) is 0 Å². The molecule has 6 rings (SSSR count). The van der Waals surface area contributed by atoms with Crippen LogP contribution >= 0.6 is 0 Å². The highest BCUT2D eigenvalue weighted by Gasteiger charge is 2.22. The lowest BCUT2D eigenvalue weighted by molar-refractivity contribution is 0.184. The van der Waals surface area contributed by atoms with E-state index in [2.05, 4.69) is 56.0 Å². The molecule has 1 unspecified atom stereocenters. The van der Waals surface area contributed by atoms with E-state index >= 15 is 0 Å². The molecule has 0 amide bonds. The molecule has 9 nitrogen and oxygen atoms in total. The number of pyridine rings is 1. The second-order valence-corrected chi connectivity index (χ2v) is 8.80. The highest BCUT2D eigenvalue weighted by molar-refractivity contribution is 5.78. The molecule has 1 atom stereocenters. The minimum Gasteiger partial charge on any atom is -0.379 e. The van der Waals surface area contributed by atoms with Gasteiger partial charge in [0.15, 0.2) is 0 Å². The van der Waals surface area contributed by atoms with Gasteiger partial charge in [-0.25, -0.2) is 9.97 Å². The van der Waals surface area contributed by atoms with Crippen LogP contribution in [0.3, 0.4) is 0 Å². The molecule has 0 aliphatic carbocycles. The van der Waals surface area contributed by atoms with Gasteiger partial charge >= 0.3 is 0 Å². The summed E-state index contributed by atoms with van der Waals surface area (Å²) in [4.78, 5) is 16.0. The van der Waals surface area contributed by atoms with E-state index in [-0.39, 0.29) is 6.04 Å². The van der Waals surface area contributed by atoms with Crippen LogP contribution in [0.1, 0.15) is 12.5 Å². The van der Waals surface area contributed by atoms with E-state index in [9.17, 15) is 0 Å². The first-order valence-corrected chi connectivity index (χ1v) is 12.1. The predicted molar refractivity (Wildman–Crippen MR) is 136 cm³/mol. The molecule has 2 aliphatic rings. The number of anilines is 3. The molecule has 0 radical (unpaired) electrons. The average Bonchev–Trinajstić information content (AvgIpc) is 3.61. The summed E-state index contributed by atoms with van der Waals surface area (Å²) >= 11 is 0. The van der Waals surface area contributed by atoms with E-state index in [0.717, 1.165) is 67.4 Å². The van der Waals surface area contributed by atoms with Gasteiger partial charge in [0.05, 0.1) is 18.3 Å². The van der Waals surface area contributed by atoms with Crippen LogP contribution in [0.2, 0.25) is 0 Å². The summed E-state index contributed by atoms with van der Waals surface area (Å²) in [6.45, 7) is 5.53. The lowest BCUT2D eigenvalue weighted by atomic mass is 10.1. The van der Waals surface area contributed by atoms with Crippen LogP contribution in [0.15, 0.2) is 67.3 Å². The summed E-state index contributed by atoms with van der Waals surface area (Å²) in [7, 11) is 0. The minimum absolute atomic E-state index is 0.229. The van der Waals surface area contributed by atoms with Crippen LogP contribution in [0.4, 0.5) is 17.3 Å². The Labute approximate surface area is 204 Å². The number of nitrogens with zero attached hydrogens (tertiary/aromatic N) is 6. The summed E-state index contributed by atoms with van der Waals surface area (Å²) in [6.07, 6.45) is 8.40. The van der Waals surface area contributed by atoms with Gasteiger partial charge in [-0.05, 0) is 48.9 Å². The number of benzene rings is 1. The molecule has 3 aromatic heterocycles. The largest absolute Gasteiger partial charge is 0.379 e. The summed E-state index contributed by atoms with van der Waals surface area (Å²) < 4.78 is 7.60. The zero-order valence-electron chi connectivity index (χ0n) is 19.5. The van der Waals surface area contributed by atoms with E-state index in [4.69, 9.17) is 14.8 Å². The fourth-order valence-corrected chi connectivity index (χ4v) is 4.59. The van der Waals surface area contributed by atoms with Gasteiger partial charge in [-0.3, -0.25) is 9.67 Å². The van der Waals surface area contributed by atoms with Gasteiger partial charge in [0.25, 0.3) is 0 Å². The normalized spacial score (nSPS) is 18.1. The van der Waals surface area contributed by atoms with Gasteiger partial charge in [-0.2, -0.15) is 5.10 Å². The summed E-state index contributed by atoms with van der Waals surface area (Å²) in [6, 6.07) is 14.5. The van der Waals surface area contributed by atoms with Gasteiger partial charge in [-0.15, -0.1) is 0 Å². The maximum Gasteiger partial charge on any atom is 0.227 e. The Morgan fingerprint density at radius 3 is 2.69 bits per heavy atom. The van der Waals surface area contributed by atoms with Gasteiger partial charge in [0.1, 0.15) is 5.69 Å². The molecule has 2 fully saturated rings. The lowest BCUT2D eigenvalue weighted by Gasteiger charge is -2.29. The van der Waals surface area contributed by atoms with Crippen LogP contribution in [0, 0.1) is 0 Å². The second kappa shape index (κ2) is 9.81. The third-order valence-electron chi connectivity index (χ3n) is 6.48. The number of nitrogens with one attached hydrogen (secondary N) is 2. The zero-order valence-corrected chi connectivity index (χ0v) is 19.5. The zero-order chi connectivity index (χ0) is 23.5. The first kappa shape index (κ1) is 21.7. The third-order valence-corrected chi connectivity index (χ3v) is 6.48. The van der Waals surface area contributed by atoms with Crippen molar-refractivity contribution < 1.29 is 4.74 Å². The molecular weight excluding hydrogens is 440 g/mol. The van der Waals surface area contributed by atoms with Crippen molar-refractivity contribution in [2.24, 2.45) is 0 Å². The SMILES string of the molecule is c1cncc(-c2nn(C3CCOC3)cc2-c2ccnc(Nc3ccc(N4CCNCC4)cc3)n2)c1. The molecule has 5 heterocycles. The maximum absolute atomic E-state index is 5.59. The predicted octanol–water partition coefficient (Wildman–Crippen LogP) is 3.52. The van der Waals surface area contributed by atoms with E-state index in [1.807, 2.05) is 29.1 Å². The molecule has 4 aromatic rings. The molecule has 2 aliphatic heterocycles. The smallest absolute Gasteiger partial charge is 0.227 e. The Hall–Kier alpha value is -3.82. The molecule has 2 saturated heterocycles. The molecule has 178 valence electrons. The monoisotopic (exact) mass is 468 g/mol. The summed E-state index contributed by atoms with van der Waals surface area (Å²) in [5.74, 6) is 0.548. The van der Waals surface area contributed by atoms with Crippen LogP contribution in [0.25, 0.3) is 22.5 Å². The fourth-order valence-electron chi connectivity index (χ4n) is 4.59. The van der Waals surface area contributed by atoms with Gasteiger partial charge < -0.3 is 20.3 Å². The topological polar surface area (TPSA) is 93.0 Å². The van der Waals surface area contributed by atoms with E-state index in [1.54, 1.807) is 12.4 Å². The van der Waals surface area contributed by atoms with E-state index < -0.39 is 0 Å². The quantitative estimate of drug-likeness (QED) is 0.444. The number of aromatic nitrogens is 5. The lowest BCUT2D eigenvalue weighted by Crippen LogP contribution is -2.43. The molecule has 9 heteroatoms. The van der Waals surface area contributed by atoms with Gasteiger partial charge in [0.2, 0.25) is 5.95 Å². The first-order chi connectivity index (χ1) is 17.3. The van der Waals surface area contributed by atoms with E-state index in [1.165, 1.54) is 5.69 Å². The fraction of sp³-hybridized carbons (Fsp3) is 0.308. The summed E-state index contributed by atoms with van der Waals surface area (Å²) in [5, 5.41) is 11.7. The number of ether oxygens (including phenoxy) is 1. The Morgan fingerprint density at radius 2 is 1.91 bits per heavy atom. The standard InChI is InChI=1S/C26H28N8O/c1-2-19(16-28-9-1)25-23(17-34(32-25)22-8-15-35-18-22)24-7-10-29-26(31-24)30-20-3-5-21(6-4-20)33-13-11-27-12-14-33/h1-7,9-10,16-17,22,27H,8,11-15,18H2,(H,29,30,31). The molecule has 1 aromatic carbocycles. The van der Waals surface area contributed by atoms with Crippen molar-refractivity contribution >= 4 is 17.3 Å². The Kier molecular flexibility index (Phi) is 6.08. The van der Waals surface area contributed by atoms with Crippen molar-refractivity contribution in [3.05, 3.63) is 67.3 Å². The summed E-state index contributed by atoms with van der Waals surface area (Å²) in [5.41, 5.74) is 5.75. The number of rotatable bonds is 6. The number of hydrogen-bond acceptors (Lipinski definition) is 8. The molecule has 0 bridgehead atoms. The van der Waals surface area contributed by atoms with Crippen LogP contribution in [-0.2, 0) is 4.74 Å². The molecule has 0 spiro atoms. The third kappa shape index (κ3) is 4.73. The second-order valence-electron chi connectivity index (χ2n) is 8.80. The molecular formula is C26H28N8O. The Balaban J connectivity index is 1.27. The minimum atomic E-state index is 0.229. The van der Waals surface area contributed by atoms with Crippen LogP contribution in [-0.4, -0.2) is 64.1 Å². The Bertz CT molecular complexity index is 1260. The maximum atomic E-state index is 5.59. The molecule has 0 saturated carbocycles. The number of hydrogen-bond donors (Lipinski definition) is 2. The van der Waals surface area contributed by atoms with Gasteiger partial charge in [-0.1, -0.05) is 0 Å². The van der Waals surface area contributed by atoms with Gasteiger partial charge in [0, 0.05) is 80.1 Å². The van der Waals surface area contributed by atoms with Crippen LogP contribution in [0.5, 0.6) is 0 Å². The van der Waals surface area contributed by atoms with Crippen molar-refractivity contribution in [2.75, 3.05) is 49.6 Å². The van der Waals surface area contributed by atoms with Crippen molar-refractivity contribution in [1.29, 1.82) is 0 Å².